The maximum Gasteiger partial charge on any atom is 0.326 e. The number of amides is 2. The zero-order valence-corrected chi connectivity index (χ0v) is 12.5. The average molecular weight is 288 g/mol. The van der Waals surface area contributed by atoms with Gasteiger partial charge in [-0.1, -0.05) is 6.92 Å². The molecule has 2 amide bonds. The van der Waals surface area contributed by atoms with Crippen molar-refractivity contribution in [3.63, 3.8) is 0 Å². The monoisotopic (exact) mass is 288 g/mol. The minimum absolute atomic E-state index is 0.00576. The van der Waals surface area contributed by atoms with Gasteiger partial charge in [0.25, 0.3) is 0 Å². The van der Waals surface area contributed by atoms with E-state index in [0.29, 0.717) is 6.54 Å². The first-order valence-electron chi connectivity index (χ1n) is 6.74. The lowest BCUT2D eigenvalue weighted by Gasteiger charge is -2.28. The van der Waals surface area contributed by atoms with E-state index in [1.54, 1.807) is 4.90 Å². The lowest BCUT2D eigenvalue weighted by molar-refractivity contribution is -0.142. The molecule has 0 bridgehead atoms. The first kappa shape index (κ1) is 18.2. The Morgan fingerprint density at radius 2 is 1.90 bits per heavy atom. The number of carboxylic acid groups (broad SMARTS) is 1. The molecule has 0 fully saturated rings. The number of aliphatic carboxylic acids is 1. The number of nitrogens with zero attached hydrogens (tertiary/aromatic N) is 1. The Balaban J connectivity index is 4.61. The van der Waals surface area contributed by atoms with E-state index in [4.69, 9.17) is 5.11 Å². The van der Waals surface area contributed by atoms with Gasteiger partial charge in [0.2, 0.25) is 0 Å². The van der Waals surface area contributed by atoms with Crippen molar-refractivity contribution < 1.29 is 24.2 Å². The van der Waals surface area contributed by atoms with Crippen LogP contribution < -0.4 is 5.32 Å². The first-order chi connectivity index (χ1) is 9.37. The summed E-state index contributed by atoms with van der Waals surface area (Å²) in [5.74, 6) is -1.66. The zero-order valence-electron chi connectivity index (χ0n) is 12.5. The van der Waals surface area contributed by atoms with Gasteiger partial charge >= 0.3 is 18.0 Å². The number of nitrogens with one attached hydrogen (secondary N) is 1. The van der Waals surface area contributed by atoms with Gasteiger partial charge in [-0.05, 0) is 26.7 Å². The normalized spacial score (nSPS) is 13.2. The number of esters is 1. The molecule has 0 aliphatic rings. The van der Waals surface area contributed by atoms with Gasteiger partial charge in [-0.25, -0.2) is 9.59 Å². The van der Waals surface area contributed by atoms with E-state index in [1.807, 2.05) is 20.8 Å². The smallest absolute Gasteiger partial charge is 0.326 e. The highest BCUT2D eigenvalue weighted by Crippen LogP contribution is 2.06. The van der Waals surface area contributed by atoms with Crippen molar-refractivity contribution in [2.45, 2.75) is 52.1 Å². The van der Waals surface area contributed by atoms with Crippen LogP contribution in [0.15, 0.2) is 0 Å². The number of hydrogen-bond donors (Lipinski definition) is 2. The lowest BCUT2D eigenvalue weighted by atomic mass is 10.1. The van der Waals surface area contributed by atoms with Crippen LogP contribution in [0.2, 0.25) is 0 Å². The Bertz CT molecular complexity index is 346. The van der Waals surface area contributed by atoms with E-state index < -0.39 is 24.0 Å². The summed E-state index contributed by atoms with van der Waals surface area (Å²) in [5.41, 5.74) is 0. The van der Waals surface area contributed by atoms with Crippen molar-refractivity contribution >= 4 is 18.0 Å². The number of methoxy groups -OCH3 is 1. The standard InChI is InChI=1S/C13H24N2O5/c1-5-9(3)15(6-2)13(19)14-10(12(17)18)7-8-11(16)20-4/h9-10H,5-8H2,1-4H3,(H,14,19)(H,17,18)/t9?,10-/m1/s1. The maximum atomic E-state index is 12.0. The highest BCUT2D eigenvalue weighted by atomic mass is 16.5. The Labute approximate surface area is 119 Å². The summed E-state index contributed by atoms with van der Waals surface area (Å²) in [7, 11) is 1.23. The molecule has 20 heavy (non-hydrogen) atoms. The van der Waals surface area contributed by atoms with E-state index in [1.165, 1.54) is 7.11 Å². The summed E-state index contributed by atoms with van der Waals surface area (Å²) in [6.07, 6.45) is 0.732. The highest BCUT2D eigenvalue weighted by molar-refractivity contribution is 5.83. The number of urea groups is 1. The van der Waals surface area contributed by atoms with Gasteiger partial charge in [0.15, 0.2) is 0 Å². The second-order valence-electron chi connectivity index (χ2n) is 4.50. The third-order valence-electron chi connectivity index (χ3n) is 3.19. The van der Waals surface area contributed by atoms with Gasteiger partial charge < -0.3 is 20.1 Å². The van der Waals surface area contributed by atoms with Crippen LogP contribution in [0, 0.1) is 0 Å². The van der Waals surface area contributed by atoms with Gasteiger partial charge in [-0.3, -0.25) is 4.79 Å². The molecule has 1 unspecified atom stereocenters. The highest BCUT2D eigenvalue weighted by Gasteiger charge is 2.25. The number of ether oxygens (including phenoxy) is 1. The van der Waals surface area contributed by atoms with Crippen LogP contribution in [0.4, 0.5) is 4.79 Å². The minimum atomic E-state index is -1.16. The third kappa shape index (κ3) is 5.90. The van der Waals surface area contributed by atoms with E-state index in [-0.39, 0.29) is 18.9 Å². The van der Waals surface area contributed by atoms with Crippen LogP contribution in [0.25, 0.3) is 0 Å². The molecule has 0 heterocycles. The largest absolute Gasteiger partial charge is 0.480 e. The summed E-state index contributed by atoms with van der Waals surface area (Å²) in [4.78, 5) is 35.7. The van der Waals surface area contributed by atoms with Crippen molar-refractivity contribution in [2.24, 2.45) is 0 Å². The van der Waals surface area contributed by atoms with Gasteiger partial charge in [0, 0.05) is 19.0 Å². The van der Waals surface area contributed by atoms with E-state index in [2.05, 4.69) is 10.1 Å². The van der Waals surface area contributed by atoms with Crippen molar-refractivity contribution in [2.75, 3.05) is 13.7 Å². The Morgan fingerprint density at radius 1 is 1.30 bits per heavy atom. The van der Waals surface area contributed by atoms with Gasteiger partial charge in [-0.2, -0.15) is 0 Å². The number of carbonyl (C=O) groups is 3. The fourth-order valence-electron chi connectivity index (χ4n) is 1.73. The fraction of sp³-hybridized carbons (Fsp3) is 0.769. The first-order valence-corrected chi connectivity index (χ1v) is 6.74. The van der Waals surface area contributed by atoms with Gasteiger partial charge in [0.05, 0.1) is 7.11 Å². The van der Waals surface area contributed by atoms with Gasteiger partial charge in [0.1, 0.15) is 6.04 Å². The predicted molar refractivity (Wildman–Crippen MR) is 73.3 cm³/mol. The summed E-state index contributed by atoms with van der Waals surface area (Å²) in [6.45, 7) is 6.17. The summed E-state index contributed by atoms with van der Waals surface area (Å²) < 4.78 is 4.45. The Morgan fingerprint density at radius 3 is 2.30 bits per heavy atom. The van der Waals surface area contributed by atoms with Crippen LogP contribution >= 0.6 is 0 Å². The molecule has 0 aromatic rings. The molecule has 116 valence electrons. The maximum absolute atomic E-state index is 12.0. The Kier molecular flexibility index (Phi) is 8.35. The molecule has 0 aromatic heterocycles. The molecule has 0 aliphatic heterocycles. The van der Waals surface area contributed by atoms with Crippen molar-refractivity contribution in [3.05, 3.63) is 0 Å². The van der Waals surface area contributed by atoms with E-state index >= 15 is 0 Å². The molecule has 2 atom stereocenters. The number of carboxylic acids is 1. The topological polar surface area (TPSA) is 95.9 Å². The molecule has 7 nitrogen and oxygen atoms in total. The SMILES string of the molecule is CCC(C)N(CC)C(=O)N[C@H](CCC(=O)OC)C(=O)O. The van der Waals surface area contributed by atoms with Crippen LogP contribution in [0.1, 0.15) is 40.0 Å². The molecule has 0 saturated carbocycles. The molecule has 0 radical (unpaired) electrons. The predicted octanol–water partition coefficient (Wildman–Crippen LogP) is 1.22. The Hall–Kier alpha value is -1.79. The van der Waals surface area contributed by atoms with Crippen molar-refractivity contribution in [3.8, 4) is 0 Å². The summed E-state index contributed by atoms with van der Waals surface area (Å²) in [6, 6.07) is -1.51. The van der Waals surface area contributed by atoms with Crippen LogP contribution in [0.3, 0.4) is 0 Å². The van der Waals surface area contributed by atoms with Crippen LogP contribution in [-0.2, 0) is 14.3 Å². The van der Waals surface area contributed by atoms with Gasteiger partial charge in [-0.15, -0.1) is 0 Å². The van der Waals surface area contributed by atoms with Crippen molar-refractivity contribution in [1.29, 1.82) is 0 Å². The second kappa shape index (κ2) is 9.17. The number of hydrogen-bond acceptors (Lipinski definition) is 4. The number of rotatable bonds is 8. The molecular weight excluding hydrogens is 264 g/mol. The molecule has 2 N–H and O–H groups in total. The molecule has 0 saturated heterocycles. The van der Waals surface area contributed by atoms with Crippen LogP contribution in [0.5, 0.6) is 0 Å². The summed E-state index contributed by atoms with van der Waals surface area (Å²) >= 11 is 0. The number of carbonyl (C=O) groups excluding carboxylic acids is 2. The molecular formula is C13H24N2O5. The molecule has 0 aliphatic carbocycles. The molecule has 0 rings (SSSR count). The second-order valence-corrected chi connectivity index (χ2v) is 4.50. The molecule has 7 heteroatoms. The van der Waals surface area contributed by atoms with E-state index in [9.17, 15) is 14.4 Å². The molecule has 0 spiro atoms. The minimum Gasteiger partial charge on any atom is -0.480 e. The average Bonchev–Trinajstić information content (AvgIpc) is 2.42. The quantitative estimate of drug-likeness (QED) is 0.655. The van der Waals surface area contributed by atoms with Crippen molar-refractivity contribution in [1.82, 2.24) is 10.2 Å². The van der Waals surface area contributed by atoms with Crippen LogP contribution in [-0.4, -0.2) is 53.7 Å². The summed E-state index contributed by atoms with van der Waals surface area (Å²) in [5, 5.41) is 11.5. The third-order valence-corrected chi connectivity index (χ3v) is 3.19. The molecule has 0 aromatic carbocycles. The fourth-order valence-corrected chi connectivity index (χ4v) is 1.73. The zero-order chi connectivity index (χ0) is 15.7. The lowest BCUT2D eigenvalue weighted by Crippen LogP contribution is -2.50. The van der Waals surface area contributed by atoms with E-state index in [0.717, 1.165) is 6.42 Å².